The second-order valence-electron chi connectivity index (χ2n) is 6.29. The number of rotatable bonds is 4. The van der Waals surface area contributed by atoms with Crippen molar-refractivity contribution in [1.29, 1.82) is 0 Å². The first-order valence-electron chi connectivity index (χ1n) is 6.77. The minimum Gasteiger partial charge on any atom is -0.375 e. The van der Waals surface area contributed by atoms with Crippen LogP contribution in [0.15, 0.2) is 30.3 Å². The summed E-state index contributed by atoms with van der Waals surface area (Å²) < 4.78 is 39.7. The highest BCUT2D eigenvalue weighted by Crippen LogP contribution is 2.38. The molecule has 132 valence electrons. The van der Waals surface area contributed by atoms with Gasteiger partial charge in [0, 0.05) is 0 Å². The van der Waals surface area contributed by atoms with E-state index in [0.717, 1.165) is 12.1 Å². The van der Waals surface area contributed by atoms with Crippen molar-refractivity contribution in [3.05, 3.63) is 35.9 Å². The third-order valence-electron chi connectivity index (χ3n) is 3.45. The third kappa shape index (κ3) is 5.09. The average molecular weight is 355 g/mol. The molecule has 0 saturated heterocycles. The minimum atomic E-state index is -4.94. The van der Waals surface area contributed by atoms with Crippen molar-refractivity contribution in [2.45, 2.75) is 38.6 Å². The summed E-state index contributed by atoms with van der Waals surface area (Å²) in [6.07, 6.45) is -4.94. The van der Waals surface area contributed by atoms with Gasteiger partial charge in [0.25, 0.3) is 0 Å². The molecule has 0 fully saturated rings. The van der Waals surface area contributed by atoms with E-state index in [1.165, 1.54) is 18.2 Å². The molecule has 1 unspecified atom stereocenters. The van der Waals surface area contributed by atoms with E-state index in [9.17, 15) is 23.1 Å². The molecule has 0 aromatic heterocycles. The van der Waals surface area contributed by atoms with Gasteiger partial charge in [0.15, 0.2) is 0 Å². The number of carbonyl (C=O) groups excluding carboxylic acids is 1. The van der Waals surface area contributed by atoms with E-state index in [-0.39, 0.29) is 18.0 Å². The number of hydrogen-bond donors (Lipinski definition) is 3. The van der Waals surface area contributed by atoms with Gasteiger partial charge >= 0.3 is 6.18 Å². The van der Waals surface area contributed by atoms with E-state index >= 15 is 0 Å². The third-order valence-corrected chi connectivity index (χ3v) is 3.45. The Hall–Kier alpha value is -1.31. The van der Waals surface area contributed by atoms with Gasteiger partial charge in [-0.1, -0.05) is 51.1 Å². The van der Waals surface area contributed by atoms with Gasteiger partial charge in [0.1, 0.15) is 0 Å². The molecule has 1 aromatic rings. The fraction of sp³-hybridized carbons (Fsp3) is 0.533. The van der Waals surface area contributed by atoms with Crippen LogP contribution in [0.5, 0.6) is 0 Å². The first kappa shape index (κ1) is 21.7. The quantitative estimate of drug-likeness (QED) is 0.777. The fourth-order valence-corrected chi connectivity index (χ4v) is 1.80. The van der Waals surface area contributed by atoms with Crippen molar-refractivity contribution in [3.63, 3.8) is 0 Å². The Morgan fingerprint density at radius 1 is 1.22 bits per heavy atom. The van der Waals surface area contributed by atoms with E-state index in [1.807, 2.05) is 0 Å². The van der Waals surface area contributed by atoms with Gasteiger partial charge in [0.05, 0.1) is 12.6 Å². The molecule has 0 heterocycles. The number of alkyl halides is 3. The second kappa shape index (κ2) is 7.51. The number of amides is 1. The average Bonchev–Trinajstić information content (AvgIpc) is 2.42. The largest absolute Gasteiger partial charge is 0.423 e. The highest BCUT2D eigenvalue weighted by molar-refractivity contribution is 5.85. The van der Waals surface area contributed by atoms with Crippen LogP contribution in [0, 0.1) is 5.41 Å². The Morgan fingerprint density at radius 3 is 2.09 bits per heavy atom. The molecule has 0 aliphatic carbocycles. The van der Waals surface area contributed by atoms with Crippen LogP contribution in [0.25, 0.3) is 0 Å². The summed E-state index contributed by atoms with van der Waals surface area (Å²) in [6.45, 7) is 4.10. The van der Waals surface area contributed by atoms with Crippen molar-refractivity contribution in [3.8, 4) is 0 Å². The number of halogens is 4. The zero-order valence-corrected chi connectivity index (χ0v) is 14.0. The molecule has 0 aliphatic rings. The van der Waals surface area contributed by atoms with Crippen LogP contribution >= 0.6 is 12.4 Å². The SMILES string of the molecule is CC(C)(C)[C@H](N)C(=O)NCC(O)(c1ccccc1)C(F)(F)F.Cl. The van der Waals surface area contributed by atoms with Crippen molar-refractivity contribution in [2.24, 2.45) is 11.1 Å². The molecular weight excluding hydrogens is 333 g/mol. The van der Waals surface area contributed by atoms with E-state index in [0.29, 0.717) is 0 Å². The van der Waals surface area contributed by atoms with Crippen molar-refractivity contribution in [1.82, 2.24) is 5.32 Å². The lowest BCUT2D eigenvalue weighted by atomic mass is 9.86. The lowest BCUT2D eigenvalue weighted by Crippen LogP contribution is -2.55. The molecule has 4 nitrogen and oxygen atoms in total. The van der Waals surface area contributed by atoms with Crippen LogP contribution in [0.3, 0.4) is 0 Å². The standard InChI is InChI=1S/C15H21F3N2O2.ClH/c1-13(2,3)11(19)12(21)20-9-14(22,15(16,17)18)10-7-5-4-6-8-10;/h4-8,11,22H,9,19H2,1-3H3,(H,20,21);1H/t11-,14?;/m1./s1. The van der Waals surface area contributed by atoms with Gasteiger partial charge in [-0.15, -0.1) is 12.4 Å². The van der Waals surface area contributed by atoms with Crippen molar-refractivity contribution < 1.29 is 23.1 Å². The Kier molecular flexibility index (Phi) is 7.08. The number of nitrogens with two attached hydrogens (primary N) is 1. The van der Waals surface area contributed by atoms with E-state index < -0.39 is 35.7 Å². The van der Waals surface area contributed by atoms with Crippen molar-refractivity contribution >= 4 is 18.3 Å². The van der Waals surface area contributed by atoms with Gasteiger partial charge in [-0.2, -0.15) is 13.2 Å². The molecule has 2 atom stereocenters. The molecule has 0 aliphatic heterocycles. The highest BCUT2D eigenvalue weighted by atomic mass is 35.5. The topological polar surface area (TPSA) is 75.4 Å². The number of aliphatic hydroxyl groups is 1. The summed E-state index contributed by atoms with van der Waals surface area (Å²) in [5.74, 6) is -0.744. The lowest BCUT2D eigenvalue weighted by Gasteiger charge is -2.32. The number of nitrogens with one attached hydrogen (secondary N) is 1. The molecule has 23 heavy (non-hydrogen) atoms. The Morgan fingerprint density at radius 2 is 1.70 bits per heavy atom. The minimum absolute atomic E-state index is 0. The summed E-state index contributed by atoms with van der Waals surface area (Å²) in [4.78, 5) is 11.9. The first-order chi connectivity index (χ1) is 9.89. The first-order valence-corrected chi connectivity index (χ1v) is 6.77. The molecule has 1 amide bonds. The van der Waals surface area contributed by atoms with Crippen LogP contribution in [0.1, 0.15) is 26.3 Å². The summed E-state index contributed by atoms with van der Waals surface area (Å²) >= 11 is 0. The molecular formula is C15H22ClF3N2O2. The maximum absolute atomic E-state index is 13.2. The molecule has 1 rings (SSSR count). The zero-order chi connectivity index (χ0) is 17.2. The van der Waals surface area contributed by atoms with E-state index in [4.69, 9.17) is 5.73 Å². The van der Waals surface area contributed by atoms with Crippen LogP contribution in [-0.4, -0.2) is 29.8 Å². The monoisotopic (exact) mass is 354 g/mol. The van der Waals surface area contributed by atoms with E-state index in [2.05, 4.69) is 5.32 Å². The van der Waals surface area contributed by atoms with E-state index in [1.54, 1.807) is 20.8 Å². The van der Waals surface area contributed by atoms with Crippen LogP contribution in [0.4, 0.5) is 13.2 Å². The molecule has 0 radical (unpaired) electrons. The summed E-state index contributed by atoms with van der Waals surface area (Å²) in [5, 5.41) is 12.2. The smallest absolute Gasteiger partial charge is 0.375 e. The Bertz CT molecular complexity index is 518. The number of benzene rings is 1. The predicted octanol–water partition coefficient (Wildman–Crippen LogP) is 2.35. The summed E-state index contributed by atoms with van der Waals surface area (Å²) in [6, 6.07) is 5.63. The summed E-state index contributed by atoms with van der Waals surface area (Å²) in [7, 11) is 0. The molecule has 4 N–H and O–H groups in total. The normalized spacial score (nSPS) is 16.0. The molecule has 8 heteroatoms. The van der Waals surface area contributed by atoms with Gasteiger partial charge in [0.2, 0.25) is 11.5 Å². The van der Waals surface area contributed by atoms with Crippen LogP contribution in [0.2, 0.25) is 0 Å². The summed E-state index contributed by atoms with van der Waals surface area (Å²) in [5.41, 5.74) is 1.59. The lowest BCUT2D eigenvalue weighted by molar-refractivity contribution is -0.264. The van der Waals surface area contributed by atoms with Crippen molar-refractivity contribution in [2.75, 3.05) is 6.54 Å². The van der Waals surface area contributed by atoms with Gasteiger partial charge in [-0.3, -0.25) is 4.79 Å². The number of hydrogen-bond acceptors (Lipinski definition) is 3. The highest BCUT2D eigenvalue weighted by Gasteiger charge is 2.55. The Balaban J connectivity index is 0.00000484. The van der Waals surface area contributed by atoms with Gasteiger partial charge in [-0.05, 0) is 11.0 Å². The molecule has 0 saturated carbocycles. The van der Waals surface area contributed by atoms with Gasteiger partial charge in [-0.25, -0.2) is 0 Å². The molecule has 0 bridgehead atoms. The Labute approximate surface area is 139 Å². The molecule has 0 spiro atoms. The maximum atomic E-state index is 13.2. The fourth-order valence-electron chi connectivity index (χ4n) is 1.80. The predicted molar refractivity (Wildman–Crippen MR) is 84.1 cm³/mol. The molecule has 1 aromatic carbocycles. The zero-order valence-electron chi connectivity index (χ0n) is 13.1. The van der Waals surface area contributed by atoms with Crippen LogP contribution in [-0.2, 0) is 10.4 Å². The number of carbonyl (C=O) groups is 1. The van der Waals surface area contributed by atoms with Crippen LogP contribution < -0.4 is 11.1 Å². The second-order valence-corrected chi connectivity index (χ2v) is 6.29. The maximum Gasteiger partial charge on any atom is 0.423 e. The van der Waals surface area contributed by atoms with Gasteiger partial charge < -0.3 is 16.2 Å².